The highest BCUT2D eigenvalue weighted by Crippen LogP contribution is 2.39. The molecule has 0 spiro atoms. The summed E-state index contributed by atoms with van der Waals surface area (Å²) in [6.07, 6.45) is 4.37. The van der Waals surface area contributed by atoms with Gasteiger partial charge in [-0.15, -0.1) is 0 Å². The van der Waals surface area contributed by atoms with Crippen molar-refractivity contribution in [2.24, 2.45) is 0 Å². The van der Waals surface area contributed by atoms with Crippen LogP contribution in [0.2, 0.25) is 0 Å². The molecule has 64 valence electrons. The van der Waals surface area contributed by atoms with Crippen molar-refractivity contribution < 1.29 is 4.42 Å². The zero-order chi connectivity index (χ0) is 7.97. The van der Waals surface area contributed by atoms with Crippen LogP contribution in [0.5, 0.6) is 0 Å². The zero-order valence-electron chi connectivity index (χ0n) is 6.92. The fourth-order valence-corrected chi connectivity index (χ4v) is 1.50. The molecule has 12 heavy (non-hydrogen) atoms. The fraction of sp³-hybridized carbons (Fsp3) is 0.667. The van der Waals surface area contributed by atoms with Gasteiger partial charge in [-0.3, -0.25) is 0 Å². The Morgan fingerprint density at radius 1 is 1.33 bits per heavy atom. The molecule has 0 unspecified atom stereocenters. The van der Waals surface area contributed by atoms with Gasteiger partial charge >= 0.3 is 0 Å². The number of aromatic nitrogens is 1. The molecule has 2 fully saturated rings. The highest BCUT2D eigenvalue weighted by molar-refractivity contribution is 5.13. The predicted octanol–water partition coefficient (Wildman–Crippen LogP) is 1.24. The Bertz CT molecular complexity index is 286. The first kappa shape index (κ1) is 6.66. The average Bonchev–Trinajstić information content (AvgIpc) is 2.70. The van der Waals surface area contributed by atoms with Crippen molar-refractivity contribution in [1.82, 2.24) is 10.3 Å². The van der Waals surface area contributed by atoms with Crippen LogP contribution in [0.25, 0.3) is 0 Å². The van der Waals surface area contributed by atoms with Crippen LogP contribution in [0, 0.1) is 0 Å². The Hall–Kier alpha value is -0.830. The Labute approximate surface area is 71.2 Å². The molecule has 2 heterocycles. The number of hydrogen-bond acceptors (Lipinski definition) is 3. The standard InChI is InChI=1S/C9H12N2O/c1-2-6(1)9-11-8(5-12-9)7-3-10-4-7/h5-7,10H,1-4H2. The summed E-state index contributed by atoms with van der Waals surface area (Å²) in [5.41, 5.74) is 1.15. The number of oxazole rings is 1. The molecule has 1 aliphatic heterocycles. The molecule has 1 aromatic heterocycles. The Morgan fingerprint density at radius 2 is 2.17 bits per heavy atom. The summed E-state index contributed by atoms with van der Waals surface area (Å²) in [5, 5.41) is 3.23. The minimum absolute atomic E-state index is 0.612. The maximum atomic E-state index is 5.41. The molecular weight excluding hydrogens is 152 g/mol. The molecule has 3 rings (SSSR count). The summed E-state index contributed by atoms with van der Waals surface area (Å²) in [6, 6.07) is 0. The van der Waals surface area contributed by atoms with E-state index in [0.717, 1.165) is 24.7 Å². The van der Waals surface area contributed by atoms with Gasteiger partial charge in [0.1, 0.15) is 6.26 Å². The fourth-order valence-electron chi connectivity index (χ4n) is 1.50. The van der Waals surface area contributed by atoms with Gasteiger partial charge in [-0.25, -0.2) is 4.98 Å². The van der Waals surface area contributed by atoms with E-state index in [1.165, 1.54) is 12.8 Å². The van der Waals surface area contributed by atoms with E-state index in [1.54, 1.807) is 0 Å². The summed E-state index contributed by atoms with van der Waals surface area (Å²) in [7, 11) is 0. The molecule has 1 N–H and O–H groups in total. The van der Waals surface area contributed by atoms with E-state index in [0.29, 0.717) is 11.8 Å². The van der Waals surface area contributed by atoms with Gasteiger partial charge in [0.2, 0.25) is 0 Å². The molecule has 0 amide bonds. The minimum atomic E-state index is 0.612. The summed E-state index contributed by atoms with van der Waals surface area (Å²) in [6.45, 7) is 2.13. The van der Waals surface area contributed by atoms with Crippen LogP contribution in [-0.2, 0) is 0 Å². The summed E-state index contributed by atoms with van der Waals surface area (Å²) in [4.78, 5) is 4.49. The SMILES string of the molecule is c1oc(C2CC2)nc1C1CNC1. The van der Waals surface area contributed by atoms with Gasteiger partial charge in [-0.2, -0.15) is 0 Å². The lowest BCUT2D eigenvalue weighted by Crippen LogP contribution is -2.40. The van der Waals surface area contributed by atoms with Crippen molar-refractivity contribution in [3.63, 3.8) is 0 Å². The highest BCUT2D eigenvalue weighted by Gasteiger charge is 2.30. The average molecular weight is 164 g/mol. The van der Waals surface area contributed by atoms with E-state index in [4.69, 9.17) is 4.42 Å². The van der Waals surface area contributed by atoms with Crippen LogP contribution in [0.4, 0.5) is 0 Å². The second-order valence-electron chi connectivity index (χ2n) is 3.74. The van der Waals surface area contributed by atoms with Crippen molar-refractivity contribution in [3.05, 3.63) is 17.8 Å². The Balaban J connectivity index is 1.81. The third-order valence-electron chi connectivity index (χ3n) is 2.67. The first-order chi connectivity index (χ1) is 5.93. The van der Waals surface area contributed by atoms with Gasteiger partial charge in [-0.05, 0) is 12.8 Å². The smallest absolute Gasteiger partial charge is 0.197 e. The maximum Gasteiger partial charge on any atom is 0.197 e. The third kappa shape index (κ3) is 0.966. The third-order valence-corrected chi connectivity index (χ3v) is 2.67. The quantitative estimate of drug-likeness (QED) is 0.714. The Kier molecular flexibility index (Phi) is 1.29. The summed E-state index contributed by atoms with van der Waals surface area (Å²) < 4.78 is 5.41. The Morgan fingerprint density at radius 3 is 2.75 bits per heavy atom. The summed E-state index contributed by atoms with van der Waals surface area (Å²) >= 11 is 0. The van der Waals surface area contributed by atoms with Gasteiger partial charge < -0.3 is 9.73 Å². The normalized spacial score (nSPS) is 24.0. The van der Waals surface area contributed by atoms with Crippen LogP contribution in [0.1, 0.15) is 36.3 Å². The van der Waals surface area contributed by atoms with Gasteiger partial charge in [0, 0.05) is 24.9 Å². The highest BCUT2D eigenvalue weighted by atomic mass is 16.3. The molecule has 0 bridgehead atoms. The van der Waals surface area contributed by atoms with Crippen molar-refractivity contribution in [3.8, 4) is 0 Å². The van der Waals surface area contributed by atoms with Crippen LogP contribution in [-0.4, -0.2) is 18.1 Å². The van der Waals surface area contributed by atoms with E-state index >= 15 is 0 Å². The number of rotatable bonds is 2. The second kappa shape index (κ2) is 2.33. The first-order valence-electron chi connectivity index (χ1n) is 4.59. The second-order valence-corrected chi connectivity index (χ2v) is 3.74. The number of hydrogen-bond donors (Lipinski definition) is 1. The molecule has 1 saturated heterocycles. The first-order valence-corrected chi connectivity index (χ1v) is 4.59. The van der Waals surface area contributed by atoms with Crippen LogP contribution in [0.3, 0.4) is 0 Å². The van der Waals surface area contributed by atoms with Crippen molar-refractivity contribution in [2.45, 2.75) is 24.7 Å². The largest absolute Gasteiger partial charge is 0.448 e. The zero-order valence-corrected chi connectivity index (χ0v) is 6.92. The number of nitrogens with one attached hydrogen (secondary N) is 1. The molecule has 1 saturated carbocycles. The number of nitrogens with zero attached hydrogens (tertiary/aromatic N) is 1. The molecule has 2 aliphatic rings. The molecule has 3 heteroatoms. The van der Waals surface area contributed by atoms with Gasteiger partial charge in [0.05, 0.1) is 5.69 Å². The lowest BCUT2D eigenvalue weighted by atomic mass is 10.0. The minimum Gasteiger partial charge on any atom is -0.448 e. The lowest BCUT2D eigenvalue weighted by molar-refractivity contribution is 0.437. The molecule has 0 aromatic carbocycles. The summed E-state index contributed by atoms with van der Waals surface area (Å²) in [5.74, 6) is 2.23. The van der Waals surface area contributed by atoms with Gasteiger partial charge in [0.25, 0.3) is 0 Å². The lowest BCUT2D eigenvalue weighted by Gasteiger charge is -2.24. The van der Waals surface area contributed by atoms with E-state index in [9.17, 15) is 0 Å². The van der Waals surface area contributed by atoms with Crippen LogP contribution in [0.15, 0.2) is 10.7 Å². The van der Waals surface area contributed by atoms with Crippen LogP contribution >= 0.6 is 0 Å². The van der Waals surface area contributed by atoms with E-state index in [1.807, 2.05) is 6.26 Å². The van der Waals surface area contributed by atoms with Gasteiger partial charge in [-0.1, -0.05) is 0 Å². The molecule has 0 radical (unpaired) electrons. The van der Waals surface area contributed by atoms with Crippen molar-refractivity contribution in [2.75, 3.05) is 13.1 Å². The molecule has 1 aromatic rings. The molecular formula is C9H12N2O. The molecule has 0 atom stereocenters. The molecule has 3 nitrogen and oxygen atoms in total. The predicted molar refractivity (Wildman–Crippen MR) is 44.1 cm³/mol. The topological polar surface area (TPSA) is 38.1 Å². The van der Waals surface area contributed by atoms with Crippen molar-refractivity contribution in [1.29, 1.82) is 0 Å². The maximum absolute atomic E-state index is 5.41. The van der Waals surface area contributed by atoms with Crippen molar-refractivity contribution >= 4 is 0 Å². The monoisotopic (exact) mass is 164 g/mol. The van der Waals surface area contributed by atoms with E-state index < -0.39 is 0 Å². The molecule has 1 aliphatic carbocycles. The van der Waals surface area contributed by atoms with E-state index in [-0.39, 0.29) is 0 Å². The van der Waals surface area contributed by atoms with Crippen LogP contribution < -0.4 is 5.32 Å². The van der Waals surface area contributed by atoms with E-state index in [2.05, 4.69) is 10.3 Å². The van der Waals surface area contributed by atoms with Gasteiger partial charge in [0.15, 0.2) is 5.89 Å².